The largest absolute Gasteiger partial charge is 0.569 e. The van der Waals surface area contributed by atoms with Crippen molar-refractivity contribution in [3.8, 4) is 50.6 Å². The second-order valence-electron chi connectivity index (χ2n) is 12.5. The second kappa shape index (κ2) is 17.2. The molecule has 271 valence electrons. The topological polar surface area (TPSA) is 172 Å². The van der Waals surface area contributed by atoms with E-state index in [2.05, 4.69) is 67.9 Å². The van der Waals surface area contributed by atoms with Gasteiger partial charge in [-0.25, -0.2) is 9.97 Å². The molecule has 0 saturated heterocycles. The Labute approximate surface area is 323 Å². The van der Waals surface area contributed by atoms with E-state index in [9.17, 15) is 10.2 Å². The highest BCUT2D eigenvalue weighted by molar-refractivity contribution is 9.10. The monoisotopic (exact) mass is 781 g/mol. The molecule has 2 aliphatic rings. The highest BCUT2D eigenvalue weighted by Crippen LogP contribution is 2.37. The van der Waals surface area contributed by atoms with Crippen LogP contribution in [-0.4, -0.2) is 45.3 Å². The van der Waals surface area contributed by atoms with Crippen molar-refractivity contribution in [1.29, 1.82) is 0 Å². The van der Waals surface area contributed by atoms with E-state index in [-0.39, 0.29) is 11.5 Å². The normalized spacial score (nSPS) is 11.9. The Morgan fingerprint density at radius 3 is 1.72 bits per heavy atom. The highest BCUT2D eigenvalue weighted by atomic mass is 79.9. The molecule has 0 atom stereocenters. The number of hydrogen-bond donors (Lipinski definition) is 5. The number of phenolic OH excluding ortho intramolecular Hbond substituents is 2. The van der Waals surface area contributed by atoms with Crippen molar-refractivity contribution in [3.05, 3.63) is 135 Å². The molecule has 2 aliphatic heterocycles. The van der Waals surface area contributed by atoms with Crippen LogP contribution in [-0.2, 0) is 25.9 Å². The predicted molar refractivity (Wildman–Crippen MR) is 221 cm³/mol. The van der Waals surface area contributed by atoms with Crippen LogP contribution in [0, 0.1) is 0 Å². The number of pyridine rings is 2. The summed E-state index contributed by atoms with van der Waals surface area (Å²) in [5.41, 5.74) is 25.2. The van der Waals surface area contributed by atoms with Crippen LogP contribution in [0.15, 0.2) is 112 Å². The summed E-state index contributed by atoms with van der Waals surface area (Å²) < 4.78 is 5.66. The maximum absolute atomic E-state index is 9.55. The molecule has 54 heavy (non-hydrogen) atoms. The van der Waals surface area contributed by atoms with Crippen LogP contribution >= 0.6 is 15.9 Å². The number of nitrogens with zero attached hydrogens (tertiary/aromatic N) is 4. The third-order valence-electron chi connectivity index (χ3n) is 9.15. The Balaban J connectivity index is 0.000000148. The minimum atomic E-state index is 0.254. The number of aromatic nitrogens is 2. The summed E-state index contributed by atoms with van der Waals surface area (Å²) in [6.45, 7) is 5.62. The fourth-order valence-electron chi connectivity index (χ4n) is 6.41. The minimum Gasteiger partial charge on any atom is -0.537 e. The average Bonchev–Trinajstić information content (AvgIpc) is 3.86. The number of nitrogen functional groups attached to an aromatic ring is 2. The molecule has 0 aliphatic carbocycles. The lowest BCUT2D eigenvalue weighted by molar-refractivity contribution is 0.453. The maximum atomic E-state index is 9.55. The number of anilines is 2. The molecule has 0 bridgehead atoms. The molecule has 1 radical (unpaired) electrons. The second-order valence-corrected chi connectivity index (χ2v) is 13.3. The quantitative estimate of drug-likeness (QED) is 0.101. The van der Waals surface area contributed by atoms with Crippen LogP contribution in [0.4, 0.5) is 11.6 Å². The van der Waals surface area contributed by atoms with Gasteiger partial charge in [0, 0.05) is 41.5 Å². The van der Waals surface area contributed by atoms with E-state index in [0.29, 0.717) is 31.6 Å². The molecular weight excluding hydrogens is 743 g/mol. The van der Waals surface area contributed by atoms with Crippen molar-refractivity contribution in [3.63, 3.8) is 0 Å². The summed E-state index contributed by atoms with van der Waals surface area (Å²) in [4.78, 5) is 17.0. The molecule has 4 aromatic carbocycles. The van der Waals surface area contributed by atoms with Gasteiger partial charge in [-0.3, -0.25) is 9.98 Å². The number of halogens is 1. The van der Waals surface area contributed by atoms with Gasteiger partial charge in [0.2, 0.25) is 0 Å². The lowest BCUT2D eigenvalue weighted by Crippen LogP contribution is -2.02. The first-order chi connectivity index (χ1) is 26.2. The summed E-state index contributed by atoms with van der Waals surface area (Å²) in [5.74, 6) is 2.20. The number of aliphatic imine (C=N–C) groups is 2. The molecule has 0 unspecified atom stereocenters. The fraction of sp³-hybridized carbons (Fsp3) is 0.143. The van der Waals surface area contributed by atoms with Gasteiger partial charge >= 0.3 is 7.69 Å². The molecule has 4 heterocycles. The molecule has 0 amide bonds. The van der Waals surface area contributed by atoms with Crippen molar-refractivity contribution in [2.24, 2.45) is 9.98 Å². The number of phenols is 2. The molecule has 7 N–H and O–H groups in total. The molecule has 10 nitrogen and oxygen atoms in total. The summed E-state index contributed by atoms with van der Waals surface area (Å²) in [7, 11) is 0.678. The van der Waals surface area contributed by atoms with E-state index < -0.39 is 0 Å². The van der Waals surface area contributed by atoms with E-state index in [4.69, 9.17) is 21.1 Å². The van der Waals surface area contributed by atoms with Crippen molar-refractivity contribution in [2.45, 2.75) is 39.8 Å². The summed E-state index contributed by atoms with van der Waals surface area (Å²) >= 11 is 3.47. The molecule has 0 saturated carbocycles. The zero-order chi connectivity index (χ0) is 38.2. The van der Waals surface area contributed by atoms with Gasteiger partial charge in [0.05, 0.1) is 17.6 Å². The first-order valence-corrected chi connectivity index (χ1v) is 18.2. The maximum Gasteiger partial charge on any atom is 0.569 e. The smallest absolute Gasteiger partial charge is 0.537 e. The van der Waals surface area contributed by atoms with Gasteiger partial charge in [-0.2, -0.15) is 0 Å². The standard InChI is InChI=1S/C21H19N3O.C13H13BrN2O.C8H7BNO2/c1-2-18-19(13-5-7-17(25)8-6-13)12-24-21(22)20(18)14-3-4-15-10-23-11-16(15)9-14;1-2-10-11(7-16-13(15)12(10)14)8-3-5-9(17)6-4-8;11-9-12-8-2-1-6-4-10-5-7(6)3-8/h3-10,12,25H,2,11H2,1H3,(H2,22,24);3-7,17H,2H2,1H3,(H2,15,16);1-4,11H,5H2. The van der Waals surface area contributed by atoms with Gasteiger partial charge in [-0.15, -0.1) is 0 Å². The predicted octanol–water partition coefficient (Wildman–Crippen LogP) is 8.08. The summed E-state index contributed by atoms with van der Waals surface area (Å²) in [6, 6.07) is 26.2. The highest BCUT2D eigenvalue weighted by Gasteiger charge is 2.17. The van der Waals surface area contributed by atoms with Crippen LogP contribution in [0.2, 0.25) is 0 Å². The SMILES string of the molecule is CCc1c(-c2ccc(O)cc2)cnc(N)c1-c1ccc2c(c1)CN=C2.CCc1c(-c2ccc(O)cc2)cnc(N)c1Br.O[B]Oc1ccc2c(c1)CN=C2. The molecule has 8 rings (SSSR count). The van der Waals surface area contributed by atoms with Crippen molar-refractivity contribution in [2.75, 3.05) is 11.5 Å². The van der Waals surface area contributed by atoms with Crippen molar-refractivity contribution in [1.82, 2.24) is 9.97 Å². The number of benzene rings is 4. The zero-order valence-electron chi connectivity index (χ0n) is 29.9. The third-order valence-corrected chi connectivity index (χ3v) is 10.0. The van der Waals surface area contributed by atoms with E-state index in [0.717, 1.165) is 79.5 Å². The van der Waals surface area contributed by atoms with Crippen LogP contribution in [0.25, 0.3) is 33.4 Å². The molecule has 6 aromatic rings. The summed E-state index contributed by atoms with van der Waals surface area (Å²) in [5, 5.41) is 27.2. The Morgan fingerprint density at radius 1 is 0.667 bits per heavy atom. The van der Waals surface area contributed by atoms with Gasteiger partial charge < -0.3 is 31.4 Å². The minimum absolute atomic E-state index is 0.254. The Kier molecular flexibility index (Phi) is 12.1. The molecular formula is C42H39BBrN6O4. The van der Waals surface area contributed by atoms with E-state index in [1.165, 1.54) is 11.1 Å². The van der Waals surface area contributed by atoms with Crippen molar-refractivity contribution < 1.29 is 19.9 Å². The van der Waals surface area contributed by atoms with Gasteiger partial charge in [-0.05, 0) is 127 Å². The Morgan fingerprint density at radius 2 is 1.17 bits per heavy atom. The molecule has 12 heteroatoms. The van der Waals surface area contributed by atoms with Crippen molar-refractivity contribution >= 4 is 47.7 Å². The molecule has 2 aromatic heterocycles. The first-order valence-electron chi connectivity index (χ1n) is 17.4. The van der Waals surface area contributed by atoms with E-state index in [1.807, 2.05) is 55.0 Å². The average molecular weight is 783 g/mol. The van der Waals surface area contributed by atoms with Gasteiger partial charge in [0.1, 0.15) is 28.9 Å². The number of nitrogens with two attached hydrogens (primary N) is 2. The number of rotatable bonds is 7. The van der Waals surface area contributed by atoms with Gasteiger partial charge in [0.15, 0.2) is 0 Å². The van der Waals surface area contributed by atoms with Gasteiger partial charge in [0.25, 0.3) is 0 Å². The lowest BCUT2D eigenvalue weighted by atomic mass is 9.91. The van der Waals surface area contributed by atoms with E-state index in [1.54, 1.807) is 36.5 Å². The zero-order valence-corrected chi connectivity index (χ0v) is 31.5. The number of fused-ring (bicyclic) bond motifs is 2. The Hall–Kier alpha value is -5.98. The van der Waals surface area contributed by atoms with E-state index >= 15 is 0 Å². The van der Waals surface area contributed by atoms with Crippen LogP contribution in [0.5, 0.6) is 17.2 Å². The third kappa shape index (κ3) is 8.46. The lowest BCUT2D eigenvalue weighted by Gasteiger charge is -2.16. The van der Waals surface area contributed by atoms with Crippen LogP contribution in [0.3, 0.4) is 0 Å². The molecule has 0 spiro atoms. The Bertz CT molecular complexity index is 2330. The van der Waals surface area contributed by atoms with Gasteiger partial charge in [-0.1, -0.05) is 50.2 Å². The summed E-state index contributed by atoms with van der Waals surface area (Å²) in [6.07, 6.45) is 9.04. The molecule has 0 fully saturated rings. The fourth-order valence-corrected chi connectivity index (χ4v) is 7.01. The first kappa shape index (κ1) is 37.8. The van der Waals surface area contributed by atoms with Crippen LogP contribution < -0.4 is 16.1 Å². The van der Waals surface area contributed by atoms with Crippen LogP contribution in [0.1, 0.15) is 47.2 Å². The number of hydrogen-bond acceptors (Lipinski definition) is 10. The number of aromatic hydroxyl groups is 2.